The Labute approximate surface area is 338 Å². The fourth-order valence-electron chi connectivity index (χ4n) is 8.66. The molecule has 57 heavy (non-hydrogen) atoms. The van der Waals surface area contributed by atoms with Crippen LogP contribution in [0.3, 0.4) is 0 Å². The van der Waals surface area contributed by atoms with Crippen LogP contribution in [-0.2, 0) is 0 Å². The predicted molar refractivity (Wildman–Crippen MR) is 239 cm³/mol. The zero-order valence-corrected chi connectivity index (χ0v) is 30.4. The summed E-state index contributed by atoms with van der Waals surface area (Å²) >= 11 is 0. The second-order valence-corrected chi connectivity index (χ2v) is 14.3. The summed E-state index contributed by atoms with van der Waals surface area (Å²) in [5.74, 6) is 0. The minimum Gasteiger partial charge on any atom is -0.456 e. The van der Waals surface area contributed by atoms with Crippen LogP contribution < -0.4 is 0 Å². The van der Waals surface area contributed by atoms with Crippen LogP contribution in [-0.4, -0.2) is 9.13 Å². The lowest BCUT2D eigenvalue weighted by Gasteiger charge is -2.11. The summed E-state index contributed by atoms with van der Waals surface area (Å²) in [5, 5.41) is 4.16. The number of para-hydroxylation sites is 2. The molecule has 266 valence electrons. The van der Waals surface area contributed by atoms with E-state index >= 15 is 0 Å². The van der Waals surface area contributed by atoms with E-state index in [0.29, 0.717) is 11.3 Å². The van der Waals surface area contributed by atoms with Crippen LogP contribution in [0.1, 0.15) is 9.60 Å². The van der Waals surface area contributed by atoms with Gasteiger partial charge in [-0.15, -0.1) is 0 Å². The quantitative estimate of drug-likeness (QED) is 0.173. The molecule has 0 N–H and O–H groups in total. The number of benzene rings is 9. The number of nitrogens with zero attached hydrogens (tertiary/aromatic N) is 2. The van der Waals surface area contributed by atoms with E-state index < -0.39 is 12.1 Å². The van der Waals surface area contributed by atoms with Crippen LogP contribution in [0.4, 0.5) is 0 Å². The van der Waals surface area contributed by atoms with E-state index in [0.717, 1.165) is 71.7 Å². The maximum absolute atomic E-state index is 9.99. The normalized spacial score (nSPS) is 13.6. The van der Waals surface area contributed by atoms with Crippen molar-refractivity contribution in [3.63, 3.8) is 0 Å². The van der Waals surface area contributed by atoms with Gasteiger partial charge in [0.25, 0.3) is 0 Å². The van der Waals surface area contributed by atoms with Gasteiger partial charge in [0.15, 0.2) is 0 Å². The zero-order chi connectivity index (χ0) is 43.5. The molecule has 0 atom stereocenters. The Morgan fingerprint density at radius 1 is 0.386 bits per heavy atom. The van der Waals surface area contributed by atoms with Crippen molar-refractivity contribution in [2.45, 2.75) is 0 Å². The van der Waals surface area contributed by atoms with Gasteiger partial charge < -0.3 is 13.6 Å². The monoisotopic (exact) mass is 733 g/mol. The standard InChI is InChI=1S/C54H34N2O/c1-3-14-35(15-4-1)37-18-11-19-40(32-37)55-46-23-9-7-20-42(46)44-33-38(28-30-47(44)55)39-29-31-48-45(34-39)53-41(36-16-5-2-6-17-36)22-12-24-49(53)56(48)50-25-13-27-52-54(50)43-21-8-10-26-51(43)57-52/h1-34H/i7D,9D,20D,23D,28D,30D,33D. The number of fused-ring (bicyclic) bond motifs is 9. The summed E-state index contributed by atoms with van der Waals surface area (Å²) in [6.07, 6.45) is 0. The van der Waals surface area contributed by atoms with E-state index in [-0.39, 0.29) is 57.6 Å². The van der Waals surface area contributed by atoms with Crippen molar-refractivity contribution in [3.8, 4) is 44.8 Å². The molecule has 3 heterocycles. The van der Waals surface area contributed by atoms with Crippen LogP contribution >= 0.6 is 0 Å². The first-order chi connectivity index (χ1) is 31.2. The third kappa shape index (κ3) is 4.86. The Kier molecular flexibility index (Phi) is 5.56. The highest BCUT2D eigenvalue weighted by molar-refractivity contribution is 6.19. The van der Waals surface area contributed by atoms with Crippen LogP contribution in [0.2, 0.25) is 0 Å². The average molecular weight is 734 g/mol. The zero-order valence-electron chi connectivity index (χ0n) is 37.4. The smallest absolute Gasteiger partial charge is 0.137 e. The fourth-order valence-corrected chi connectivity index (χ4v) is 8.66. The van der Waals surface area contributed by atoms with Gasteiger partial charge in [-0.25, -0.2) is 0 Å². The summed E-state index contributed by atoms with van der Waals surface area (Å²) in [6, 6.07) is 52.0. The second-order valence-electron chi connectivity index (χ2n) is 14.3. The molecule has 0 spiro atoms. The highest BCUT2D eigenvalue weighted by Crippen LogP contribution is 2.43. The Hall–Kier alpha value is -7.62. The van der Waals surface area contributed by atoms with Crippen molar-refractivity contribution in [3.05, 3.63) is 206 Å². The highest BCUT2D eigenvalue weighted by Gasteiger charge is 2.21. The Balaban J connectivity index is 1.18. The van der Waals surface area contributed by atoms with E-state index in [1.807, 2.05) is 121 Å². The van der Waals surface area contributed by atoms with E-state index in [4.69, 9.17) is 7.16 Å². The molecule has 0 unspecified atom stereocenters. The molecular weight excluding hydrogens is 693 g/mol. The first-order valence-corrected chi connectivity index (χ1v) is 18.9. The van der Waals surface area contributed by atoms with Gasteiger partial charge in [0.05, 0.1) is 42.7 Å². The molecule has 0 aliphatic heterocycles. The van der Waals surface area contributed by atoms with Crippen LogP contribution in [0.15, 0.2) is 211 Å². The number of hydrogen-bond donors (Lipinski definition) is 0. The van der Waals surface area contributed by atoms with E-state index in [9.17, 15) is 6.85 Å². The van der Waals surface area contributed by atoms with Crippen molar-refractivity contribution < 1.29 is 14.0 Å². The third-order valence-electron chi connectivity index (χ3n) is 11.2. The molecular formula is C54H34N2O. The summed E-state index contributed by atoms with van der Waals surface area (Å²) in [6.45, 7) is 0. The lowest BCUT2D eigenvalue weighted by molar-refractivity contribution is 0.669. The topological polar surface area (TPSA) is 23.0 Å². The van der Waals surface area contributed by atoms with E-state index in [2.05, 4.69) is 47.0 Å². The molecule has 9 aromatic carbocycles. The van der Waals surface area contributed by atoms with Crippen LogP contribution in [0, 0.1) is 0 Å². The van der Waals surface area contributed by atoms with E-state index in [1.165, 1.54) is 0 Å². The van der Waals surface area contributed by atoms with Crippen LogP contribution in [0.25, 0.3) is 110 Å². The Morgan fingerprint density at radius 2 is 1.11 bits per heavy atom. The van der Waals surface area contributed by atoms with Gasteiger partial charge in [0, 0.05) is 32.6 Å². The fraction of sp³-hybridized carbons (Fsp3) is 0. The van der Waals surface area contributed by atoms with Crippen molar-refractivity contribution in [2.24, 2.45) is 0 Å². The maximum Gasteiger partial charge on any atom is 0.137 e. The second kappa shape index (κ2) is 12.5. The number of rotatable bonds is 5. The number of aromatic nitrogens is 2. The summed E-state index contributed by atoms with van der Waals surface area (Å²) in [7, 11) is 0. The Morgan fingerprint density at radius 3 is 2.00 bits per heavy atom. The molecule has 0 bridgehead atoms. The van der Waals surface area contributed by atoms with Gasteiger partial charge in [-0.1, -0.05) is 139 Å². The average Bonchev–Trinajstić information content (AvgIpc) is 4.01. The summed E-state index contributed by atoms with van der Waals surface area (Å²) < 4.78 is 75.6. The molecule has 0 aliphatic rings. The number of furan rings is 1. The Bertz CT molecular complexity index is 3930. The lowest BCUT2D eigenvalue weighted by Crippen LogP contribution is -1.95. The van der Waals surface area contributed by atoms with E-state index in [1.54, 1.807) is 4.57 Å². The highest BCUT2D eigenvalue weighted by atomic mass is 16.3. The molecule has 0 saturated carbocycles. The molecule has 12 rings (SSSR count). The van der Waals surface area contributed by atoms with Gasteiger partial charge in [0.1, 0.15) is 11.2 Å². The molecule has 3 nitrogen and oxygen atoms in total. The minimum absolute atomic E-state index is 0.0926. The predicted octanol–water partition coefficient (Wildman–Crippen LogP) is 14.8. The molecule has 0 amide bonds. The van der Waals surface area contributed by atoms with Crippen molar-refractivity contribution >= 4 is 65.6 Å². The molecule has 3 heteroatoms. The lowest BCUT2D eigenvalue weighted by atomic mass is 9.97. The molecule has 0 radical (unpaired) electrons. The molecule has 3 aromatic heterocycles. The van der Waals surface area contributed by atoms with Crippen molar-refractivity contribution in [1.82, 2.24) is 9.13 Å². The largest absolute Gasteiger partial charge is 0.456 e. The minimum atomic E-state index is -0.430. The summed E-state index contributed by atoms with van der Waals surface area (Å²) in [5.41, 5.74) is 9.82. The first kappa shape index (κ1) is 25.5. The van der Waals surface area contributed by atoms with Gasteiger partial charge in [-0.05, 0) is 100 Å². The molecule has 0 fully saturated rings. The van der Waals surface area contributed by atoms with Gasteiger partial charge in [0.2, 0.25) is 0 Å². The summed E-state index contributed by atoms with van der Waals surface area (Å²) in [4.78, 5) is 0. The number of hydrogen-bond acceptors (Lipinski definition) is 1. The van der Waals surface area contributed by atoms with Crippen LogP contribution in [0.5, 0.6) is 0 Å². The molecule has 12 aromatic rings. The van der Waals surface area contributed by atoms with Gasteiger partial charge in [-0.3, -0.25) is 0 Å². The SMILES string of the molecule is [2H]c1c([2H])c([2H])c2c(c1[2H])c1c([2H])c(-c3ccc4c(c3)c3c(-c5ccccc5)cccc3n4-c3cccc4oc5ccccc5c34)c([2H])c([2H])c1n2-c1cccc(-c2ccccc2)c1. The molecule has 0 saturated heterocycles. The maximum atomic E-state index is 9.99. The first-order valence-electron chi connectivity index (χ1n) is 22.4. The van der Waals surface area contributed by atoms with Gasteiger partial charge >= 0.3 is 0 Å². The van der Waals surface area contributed by atoms with Crippen molar-refractivity contribution in [1.29, 1.82) is 0 Å². The third-order valence-corrected chi connectivity index (χ3v) is 11.2. The van der Waals surface area contributed by atoms with Gasteiger partial charge in [-0.2, -0.15) is 0 Å². The van der Waals surface area contributed by atoms with Crippen molar-refractivity contribution in [2.75, 3.05) is 0 Å². The molecule has 0 aliphatic carbocycles.